The van der Waals surface area contributed by atoms with Crippen molar-refractivity contribution in [1.29, 1.82) is 0 Å². The van der Waals surface area contributed by atoms with Crippen LogP contribution in [0.25, 0.3) is 0 Å². The second-order valence-corrected chi connectivity index (χ2v) is 9.17. The highest BCUT2D eigenvalue weighted by Gasteiger charge is 2.27. The second kappa shape index (κ2) is 11.8. The van der Waals surface area contributed by atoms with Crippen LogP contribution in [0.2, 0.25) is 0 Å². The summed E-state index contributed by atoms with van der Waals surface area (Å²) in [6.07, 6.45) is 3.95. The molecule has 0 unspecified atom stereocenters. The fourth-order valence-corrected chi connectivity index (χ4v) is 4.52. The number of nitrogens with zero attached hydrogens (tertiary/aromatic N) is 2. The highest BCUT2D eigenvalue weighted by Crippen LogP contribution is 2.24. The molecule has 34 heavy (non-hydrogen) atoms. The molecule has 1 amide bonds. The monoisotopic (exact) mass is 477 g/mol. The van der Waals surface area contributed by atoms with Crippen LogP contribution in [0.1, 0.15) is 18.1 Å². The predicted octanol–water partition coefficient (Wildman–Crippen LogP) is 4.16. The van der Waals surface area contributed by atoms with Crippen LogP contribution in [0, 0.1) is 0 Å². The van der Waals surface area contributed by atoms with Gasteiger partial charge >= 0.3 is 0 Å². The summed E-state index contributed by atoms with van der Waals surface area (Å²) >= 11 is 0. The van der Waals surface area contributed by atoms with E-state index in [0.29, 0.717) is 18.0 Å². The number of hydrogen-bond donors (Lipinski definition) is 1. The zero-order valence-electron chi connectivity index (χ0n) is 18.9. The molecule has 3 aromatic rings. The Kier molecular flexibility index (Phi) is 8.59. The molecule has 0 aliphatic carbocycles. The third-order valence-corrected chi connectivity index (χ3v) is 6.69. The lowest BCUT2D eigenvalue weighted by molar-refractivity contribution is -0.119. The van der Waals surface area contributed by atoms with E-state index >= 15 is 0 Å². The lowest BCUT2D eigenvalue weighted by atomic mass is 10.1. The van der Waals surface area contributed by atoms with Gasteiger partial charge in [0.1, 0.15) is 18.9 Å². The van der Waals surface area contributed by atoms with Crippen LogP contribution < -0.4 is 14.5 Å². The minimum atomic E-state index is -3.96. The van der Waals surface area contributed by atoms with Crippen molar-refractivity contribution in [1.82, 2.24) is 5.43 Å². The number of hydrogen-bond acceptors (Lipinski definition) is 5. The van der Waals surface area contributed by atoms with Gasteiger partial charge in [0.15, 0.2) is 0 Å². The van der Waals surface area contributed by atoms with Gasteiger partial charge in [0, 0.05) is 0 Å². The zero-order valence-corrected chi connectivity index (χ0v) is 19.7. The van der Waals surface area contributed by atoms with Gasteiger partial charge in [0.2, 0.25) is 0 Å². The molecule has 3 rings (SSSR count). The molecule has 176 valence electrons. The third-order valence-electron chi connectivity index (χ3n) is 4.90. The SMILES string of the molecule is C=CCOc1ccc(/C=N\NC(=O)CN(c2ccc(CC)cc2)S(=O)(=O)c2ccccc2)cc1. The molecule has 0 aliphatic rings. The summed E-state index contributed by atoms with van der Waals surface area (Å²) in [7, 11) is -3.96. The molecule has 0 saturated heterocycles. The second-order valence-electron chi connectivity index (χ2n) is 7.31. The molecule has 0 radical (unpaired) electrons. The van der Waals surface area contributed by atoms with Crippen molar-refractivity contribution in [2.45, 2.75) is 18.2 Å². The fraction of sp³-hybridized carbons (Fsp3) is 0.154. The average molecular weight is 478 g/mol. The van der Waals surface area contributed by atoms with Gasteiger partial charge in [-0.3, -0.25) is 9.10 Å². The molecule has 0 aromatic heterocycles. The first-order valence-electron chi connectivity index (χ1n) is 10.8. The molecule has 0 atom stereocenters. The number of anilines is 1. The Morgan fingerprint density at radius 3 is 2.32 bits per heavy atom. The van der Waals surface area contributed by atoms with E-state index in [2.05, 4.69) is 17.1 Å². The summed E-state index contributed by atoms with van der Waals surface area (Å²) in [4.78, 5) is 12.7. The molecule has 3 aromatic carbocycles. The summed E-state index contributed by atoms with van der Waals surface area (Å²) in [6, 6.07) is 22.3. The van der Waals surface area contributed by atoms with Crippen molar-refractivity contribution in [3.05, 3.63) is 103 Å². The summed E-state index contributed by atoms with van der Waals surface area (Å²) in [5.41, 5.74) is 4.62. The molecule has 0 heterocycles. The molecule has 1 N–H and O–H groups in total. The minimum Gasteiger partial charge on any atom is -0.490 e. The minimum absolute atomic E-state index is 0.102. The van der Waals surface area contributed by atoms with E-state index in [1.807, 2.05) is 19.1 Å². The van der Waals surface area contributed by atoms with Crippen LogP contribution in [-0.2, 0) is 21.2 Å². The number of rotatable bonds is 11. The Bertz CT molecular complexity index is 1220. The Morgan fingerprint density at radius 1 is 1.03 bits per heavy atom. The Morgan fingerprint density at radius 2 is 1.71 bits per heavy atom. The van der Waals surface area contributed by atoms with E-state index in [1.54, 1.807) is 60.7 Å². The number of hydrazone groups is 1. The van der Waals surface area contributed by atoms with Crippen LogP contribution in [0.3, 0.4) is 0 Å². The lowest BCUT2D eigenvalue weighted by Crippen LogP contribution is -2.39. The Hall–Kier alpha value is -3.91. The fourth-order valence-electron chi connectivity index (χ4n) is 3.08. The smallest absolute Gasteiger partial charge is 0.264 e. The number of carbonyl (C=O) groups excluding carboxylic acids is 1. The van der Waals surface area contributed by atoms with E-state index in [0.717, 1.165) is 21.9 Å². The number of nitrogens with one attached hydrogen (secondary N) is 1. The summed E-state index contributed by atoms with van der Waals surface area (Å²) < 4.78 is 33.1. The third kappa shape index (κ3) is 6.55. The van der Waals surface area contributed by atoms with Gasteiger partial charge in [-0.15, -0.1) is 0 Å². The van der Waals surface area contributed by atoms with Crippen molar-refractivity contribution >= 4 is 27.8 Å². The van der Waals surface area contributed by atoms with Gasteiger partial charge < -0.3 is 4.74 Å². The number of benzene rings is 3. The van der Waals surface area contributed by atoms with E-state index in [1.165, 1.54) is 18.3 Å². The van der Waals surface area contributed by atoms with E-state index in [4.69, 9.17) is 4.74 Å². The number of aryl methyl sites for hydroxylation is 1. The van der Waals surface area contributed by atoms with E-state index < -0.39 is 22.5 Å². The highest BCUT2D eigenvalue weighted by atomic mass is 32.2. The first-order valence-corrected chi connectivity index (χ1v) is 12.2. The van der Waals surface area contributed by atoms with E-state index in [-0.39, 0.29) is 4.90 Å². The number of ether oxygens (including phenoxy) is 1. The summed E-state index contributed by atoms with van der Waals surface area (Å²) in [6.45, 7) is 5.60. The molecular weight excluding hydrogens is 450 g/mol. The van der Waals surface area contributed by atoms with Crippen molar-refractivity contribution in [2.24, 2.45) is 5.10 Å². The molecule has 0 spiro atoms. The van der Waals surface area contributed by atoms with Gasteiger partial charge in [-0.1, -0.05) is 49.9 Å². The molecular formula is C26H27N3O4S. The first kappa shape index (κ1) is 24.7. The van der Waals surface area contributed by atoms with Crippen LogP contribution in [0.4, 0.5) is 5.69 Å². The van der Waals surface area contributed by atoms with Gasteiger partial charge in [-0.05, 0) is 66.1 Å². The highest BCUT2D eigenvalue weighted by molar-refractivity contribution is 7.92. The largest absolute Gasteiger partial charge is 0.490 e. The van der Waals surface area contributed by atoms with Gasteiger partial charge in [0.25, 0.3) is 15.9 Å². The van der Waals surface area contributed by atoms with Crippen LogP contribution in [0.15, 0.2) is 102 Å². The summed E-state index contributed by atoms with van der Waals surface area (Å²) in [5.74, 6) is 0.123. The maximum absolute atomic E-state index is 13.3. The summed E-state index contributed by atoms with van der Waals surface area (Å²) in [5, 5.41) is 3.96. The Balaban J connectivity index is 1.74. The Labute approximate surface area is 200 Å². The van der Waals surface area contributed by atoms with Crippen LogP contribution in [-0.4, -0.2) is 33.7 Å². The normalized spacial score (nSPS) is 11.2. The van der Waals surface area contributed by atoms with Gasteiger partial charge in [-0.2, -0.15) is 5.10 Å². The number of carbonyl (C=O) groups is 1. The first-order chi connectivity index (χ1) is 16.4. The molecule has 0 bridgehead atoms. The van der Waals surface area contributed by atoms with Crippen molar-refractivity contribution in [2.75, 3.05) is 17.5 Å². The standard InChI is InChI=1S/C26H27N3O4S/c1-3-18-33-24-16-12-22(13-17-24)19-27-28-26(30)20-29(23-14-10-21(4-2)11-15-23)34(31,32)25-8-6-5-7-9-25/h3,5-17,19H,1,4,18,20H2,2H3,(H,28,30)/b27-19-. The zero-order chi connectivity index (χ0) is 24.4. The maximum Gasteiger partial charge on any atom is 0.264 e. The van der Waals surface area contributed by atoms with Crippen molar-refractivity contribution < 1.29 is 17.9 Å². The molecule has 0 aliphatic heterocycles. The van der Waals surface area contributed by atoms with Gasteiger partial charge in [-0.25, -0.2) is 13.8 Å². The average Bonchev–Trinajstić information content (AvgIpc) is 2.87. The van der Waals surface area contributed by atoms with Crippen molar-refractivity contribution in [3.63, 3.8) is 0 Å². The lowest BCUT2D eigenvalue weighted by Gasteiger charge is -2.24. The molecule has 8 heteroatoms. The van der Waals surface area contributed by atoms with Gasteiger partial charge in [0.05, 0.1) is 16.8 Å². The van der Waals surface area contributed by atoms with Crippen molar-refractivity contribution in [3.8, 4) is 5.75 Å². The number of amides is 1. The molecule has 7 nitrogen and oxygen atoms in total. The maximum atomic E-state index is 13.3. The topological polar surface area (TPSA) is 88.1 Å². The molecule has 0 saturated carbocycles. The van der Waals surface area contributed by atoms with E-state index in [9.17, 15) is 13.2 Å². The van der Waals surface area contributed by atoms with Crippen LogP contribution in [0.5, 0.6) is 5.75 Å². The number of sulfonamides is 1. The van der Waals surface area contributed by atoms with Crippen LogP contribution >= 0.6 is 0 Å². The quantitative estimate of drug-likeness (QED) is 0.255. The predicted molar refractivity (Wildman–Crippen MR) is 135 cm³/mol. The molecule has 0 fully saturated rings.